The summed E-state index contributed by atoms with van der Waals surface area (Å²) in [5, 5.41) is -0.464. The van der Waals surface area contributed by atoms with E-state index in [0.29, 0.717) is 0 Å². The number of amides is 2. The number of aromatic nitrogens is 1. The van der Waals surface area contributed by atoms with E-state index in [0.717, 1.165) is 6.07 Å². The molecule has 0 bridgehead atoms. The fourth-order valence-electron chi connectivity index (χ4n) is 3.66. The lowest BCUT2D eigenvalue weighted by Crippen LogP contribution is -2.62. The number of fused-ring (bicyclic) bond motifs is 5. The summed E-state index contributed by atoms with van der Waals surface area (Å²) in [4.78, 5) is 30.3. The van der Waals surface area contributed by atoms with Crippen LogP contribution in [-0.2, 0) is 16.0 Å². The first-order chi connectivity index (χ1) is 19.6. The van der Waals surface area contributed by atoms with Gasteiger partial charge in [-0.25, -0.2) is 0 Å². The Kier molecular flexibility index (Phi) is 1.54. The normalized spacial score (nSPS) is 38.0. The monoisotopic (exact) mass is 403 g/mol. The molecule has 3 aromatic rings. The third kappa shape index (κ3) is 2.24. The van der Waals surface area contributed by atoms with E-state index in [1.54, 1.807) is 0 Å². The molecule has 0 spiro atoms. The quantitative estimate of drug-likeness (QED) is 0.676. The van der Waals surface area contributed by atoms with Gasteiger partial charge >= 0.3 is 0 Å². The number of para-hydroxylation sites is 1. The fourth-order valence-corrected chi connectivity index (χ4v) is 3.66. The molecule has 1 N–H and O–H groups in total. The number of rotatable bonds is 1. The standard InChI is InChI=1S/C22H19N3O4/c1-24-10-19(26)25-16(22(24)27)9-14-13-4-2-3-5-15(13)23-20(14)21(25)12-6-7-17-18(8-12)29-11-28-17/h2-8,16,21,23H,9-11H2,1H3/t16-,21?/m1/s1/i1D3,2D,3D,4D,5D,9D2,10D2,11D2,16D. The average Bonchev–Trinajstić information content (AvgIpc) is 3.42. The molecular weight excluding hydrogens is 370 g/mol. The zero-order chi connectivity index (χ0) is 32.0. The third-order valence-corrected chi connectivity index (χ3v) is 4.90. The summed E-state index contributed by atoms with van der Waals surface area (Å²) < 4.78 is 126. The van der Waals surface area contributed by atoms with Crippen molar-refractivity contribution < 1.29 is 38.3 Å². The molecule has 7 nitrogen and oxygen atoms in total. The molecule has 2 atom stereocenters. The molecule has 1 saturated heterocycles. The minimum Gasteiger partial charge on any atom is -0.454 e. The second-order valence-corrected chi connectivity index (χ2v) is 6.46. The van der Waals surface area contributed by atoms with E-state index < -0.39 is 90.5 Å². The van der Waals surface area contributed by atoms with Crippen LogP contribution in [0.4, 0.5) is 0 Å². The molecule has 3 aliphatic rings. The van der Waals surface area contributed by atoms with Gasteiger partial charge in [-0.1, -0.05) is 24.2 Å². The summed E-state index contributed by atoms with van der Waals surface area (Å²) in [7, 11) is 0. The van der Waals surface area contributed by atoms with Gasteiger partial charge in [-0.15, -0.1) is 0 Å². The van der Waals surface area contributed by atoms with Gasteiger partial charge in [-0.2, -0.15) is 0 Å². The largest absolute Gasteiger partial charge is 0.454 e. The minimum atomic E-state index is -3.64. The zero-order valence-electron chi connectivity index (χ0n) is 28.3. The predicted molar refractivity (Wildman–Crippen MR) is 105 cm³/mol. The number of hydrogen-bond donors (Lipinski definition) is 1. The highest BCUT2D eigenvalue weighted by molar-refractivity contribution is 5.97. The van der Waals surface area contributed by atoms with Crippen LogP contribution < -0.4 is 9.47 Å². The number of H-pyrrole nitrogens is 1. The number of ether oxygens (including phenoxy) is 2. The van der Waals surface area contributed by atoms with E-state index in [4.69, 9.17) is 27.3 Å². The Labute approximate surface area is 186 Å². The number of nitrogens with zero attached hydrogens (tertiary/aromatic N) is 2. The molecule has 1 aromatic heterocycles. The highest BCUT2D eigenvalue weighted by Gasteiger charge is 2.47. The van der Waals surface area contributed by atoms with E-state index in [1.165, 1.54) is 12.1 Å². The lowest BCUT2D eigenvalue weighted by Gasteiger charge is -2.46. The molecule has 0 radical (unpaired) electrons. The third-order valence-electron chi connectivity index (χ3n) is 4.90. The van der Waals surface area contributed by atoms with Gasteiger partial charge in [-0.05, 0) is 29.3 Å². The molecule has 2 amide bonds. The molecule has 2 aromatic carbocycles. The van der Waals surface area contributed by atoms with Gasteiger partial charge in [0.2, 0.25) is 18.6 Å². The lowest BCUT2D eigenvalue weighted by molar-refractivity contribution is -0.157. The Balaban J connectivity index is 1.75. The van der Waals surface area contributed by atoms with Gasteiger partial charge in [0, 0.05) is 36.8 Å². The molecule has 29 heavy (non-hydrogen) atoms. The summed E-state index contributed by atoms with van der Waals surface area (Å²) in [6, 6.07) is -4.61. The van der Waals surface area contributed by atoms with E-state index in [-0.39, 0.29) is 33.2 Å². The number of piperazine rings is 1. The Morgan fingerprint density at radius 3 is 3.03 bits per heavy atom. The first-order valence-corrected chi connectivity index (χ1v) is 8.42. The van der Waals surface area contributed by atoms with E-state index in [1.807, 2.05) is 0 Å². The van der Waals surface area contributed by atoms with Crippen LogP contribution >= 0.6 is 0 Å². The summed E-state index contributed by atoms with van der Waals surface area (Å²) in [5.74, 6) is -4.01. The summed E-state index contributed by atoms with van der Waals surface area (Å²) in [5.41, 5.74) is -1.45. The molecule has 4 heterocycles. The molecule has 1 fully saturated rings. The smallest absolute Gasteiger partial charge is 0.245 e. The van der Waals surface area contributed by atoms with Crippen molar-refractivity contribution in [1.82, 2.24) is 14.8 Å². The van der Waals surface area contributed by atoms with Crippen molar-refractivity contribution in [3.8, 4) is 11.5 Å². The highest BCUT2D eigenvalue weighted by atomic mass is 16.7. The van der Waals surface area contributed by atoms with Gasteiger partial charge in [0.1, 0.15) is 8.76 Å². The second kappa shape index (κ2) is 5.76. The lowest BCUT2D eigenvalue weighted by atomic mass is 9.86. The van der Waals surface area contributed by atoms with Crippen LogP contribution in [0.25, 0.3) is 10.9 Å². The number of carbonyl (C=O) groups excluding carboxylic acids is 2. The van der Waals surface area contributed by atoms with Gasteiger partial charge in [0.05, 0.1) is 22.1 Å². The van der Waals surface area contributed by atoms with E-state index in [9.17, 15) is 11.0 Å². The van der Waals surface area contributed by atoms with Crippen LogP contribution in [0, 0.1) is 0 Å². The van der Waals surface area contributed by atoms with E-state index in [2.05, 4.69) is 4.98 Å². The minimum absolute atomic E-state index is 0.0848. The van der Waals surface area contributed by atoms with Crippen molar-refractivity contribution in [3.63, 3.8) is 0 Å². The topological polar surface area (TPSA) is 74.9 Å². The zero-order valence-corrected chi connectivity index (χ0v) is 14.3. The van der Waals surface area contributed by atoms with Crippen molar-refractivity contribution in [2.75, 3.05) is 20.2 Å². The van der Waals surface area contributed by atoms with Crippen LogP contribution in [0.1, 0.15) is 42.1 Å². The van der Waals surface area contributed by atoms with Gasteiger partial charge in [-0.3, -0.25) is 9.59 Å². The summed E-state index contributed by atoms with van der Waals surface area (Å²) in [6.07, 6.45) is -3.39. The van der Waals surface area contributed by atoms with Crippen molar-refractivity contribution in [2.24, 2.45) is 0 Å². The van der Waals surface area contributed by atoms with Crippen LogP contribution in [0.5, 0.6) is 11.5 Å². The first-order valence-electron chi connectivity index (χ1n) is 15.4. The van der Waals surface area contributed by atoms with E-state index >= 15 is 0 Å². The van der Waals surface area contributed by atoms with Crippen molar-refractivity contribution in [2.45, 2.75) is 18.4 Å². The van der Waals surface area contributed by atoms with Gasteiger partial charge in [0.15, 0.2) is 11.5 Å². The molecule has 0 saturated carbocycles. The Morgan fingerprint density at radius 2 is 2.14 bits per heavy atom. The average molecular weight is 403 g/mol. The summed E-state index contributed by atoms with van der Waals surface area (Å²) in [6.45, 7) is -9.85. The van der Waals surface area contributed by atoms with Crippen molar-refractivity contribution in [1.29, 1.82) is 0 Å². The molecule has 146 valence electrons. The number of aromatic amines is 1. The first kappa shape index (κ1) is 7.74. The fraction of sp³-hybridized carbons (Fsp3) is 0.273. The Bertz CT molecular complexity index is 1790. The van der Waals surface area contributed by atoms with Crippen LogP contribution in [0.3, 0.4) is 0 Å². The number of carbonyl (C=O) groups is 2. The number of hydrogen-bond acceptors (Lipinski definition) is 4. The van der Waals surface area contributed by atoms with Crippen LogP contribution in [0.15, 0.2) is 42.4 Å². The van der Waals surface area contributed by atoms with Crippen molar-refractivity contribution >= 4 is 22.7 Å². The maximum absolute atomic E-state index is 13.9. The van der Waals surface area contributed by atoms with Crippen molar-refractivity contribution in [3.05, 3.63) is 59.2 Å². The van der Waals surface area contributed by atoms with Gasteiger partial charge in [0.25, 0.3) is 0 Å². The van der Waals surface area contributed by atoms with Crippen LogP contribution in [-0.4, -0.2) is 52.8 Å². The Hall–Kier alpha value is -3.48. The number of benzene rings is 2. The molecule has 6 rings (SSSR count). The highest BCUT2D eigenvalue weighted by Crippen LogP contribution is 2.44. The van der Waals surface area contributed by atoms with Gasteiger partial charge < -0.3 is 24.3 Å². The predicted octanol–water partition coefficient (Wildman–Crippen LogP) is 2.21. The maximum atomic E-state index is 13.9. The second-order valence-electron chi connectivity index (χ2n) is 6.46. The molecule has 1 unspecified atom stereocenters. The Morgan fingerprint density at radius 1 is 1.28 bits per heavy atom. The van der Waals surface area contributed by atoms with Crippen LogP contribution in [0.2, 0.25) is 0 Å². The SMILES string of the molecule is [2H]c1c([2H])c([2H])c2c3c([nH]c2c1[2H])C(c1ccc2c(c1)OC([2H])([2H])O2)N1C(=O)C([2H])([2H])N(C([2H])([2H])[2H])C(=O)[C@@]1([2H])C3([2H])[2H]. The molecule has 0 aliphatic carbocycles. The molecular formula is C22H19N3O4. The maximum Gasteiger partial charge on any atom is 0.245 e. The molecule has 3 aliphatic heterocycles. The molecule has 7 heteroatoms. The number of nitrogens with one attached hydrogen (secondary N) is 1. The number of likely N-dealkylation sites (N-methyl/N-ethyl adjacent to an activating group) is 1. The summed E-state index contributed by atoms with van der Waals surface area (Å²) >= 11 is 0.